The summed E-state index contributed by atoms with van der Waals surface area (Å²) in [4.78, 5) is 24.0. The molecule has 0 bridgehead atoms. The molecule has 298 valence electrons. The molecule has 0 heterocycles. The van der Waals surface area contributed by atoms with E-state index in [1.54, 1.807) is 0 Å². The molecule has 0 unspecified atom stereocenters. The lowest BCUT2D eigenvalue weighted by atomic mass is 10.0. The van der Waals surface area contributed by atoms with Crippen LogP contribution in [0.2, 0.25) is 0 Å². The van der Waals surface area contributed by atoms with Crippen molar-refractivity contribution in [3.8, 4) is 0 Å². The van der Waals surface area contributed by atoms with Crippen molar-refractivity contribution in [3.63, 3.8) is 0 Å². The molecule has 0 fully saturated rings. The van der Waals surface area contributed by atoms with Gasteiger partial charge in [-0.25, -0.2) is 0 Å². The van der Waals surface area contributed by atoms with Gasteiger partial charge in [0.05, 0.1) is 0 Å². The number of aliphatic hydroxyl groups excluding tert-OH is 1. The summed E-state index contributed by atoms with van der Waals surface area (Å²) in [6.45, 7) is 4.13. The molecular weight excluding hydrogens is 645 g/mol. The number of esters is 2. The largest absolute Gasteiger partial charge is 0.463 e. The Morgan fingerprint density at radius 2 is 0.731 bits per heavy atom. The van der Waals surface area contributed by atoms with Crippen molar-refractivity contribution >= 4 is 11.9 Å². The van der Waals surface area contributed by atoms with Crippen LogP contribution in [0.5, 0.6) is 0 Å². The zero-order valence-corrected chi connectivity index (χ0v) is 33.8. The number of carbonyl (C=O) groups is 2. The second-order valence-corrected chi connectivity index (χ2v) is 14.1. The summed E-state index contributed by atoms with van der Waals surface area (Å²) in [5, 5.41) is 10.0. The third-order valence-corrected chi connectivity index (χ3v) is 8.97. The molecule has 0 saturated heterocycles. The van der Waals surface area contributed by atoms with Crippen molar-refractivity contribution in [2.45, 2.75) is 200 Å². The van der Waals surface area contributed by atoms with Crippen LogP contribution in [-0.4, -0.2) is 36.4 Å². The van der Waals surface area contributed by atoms with Crippen LogP contribution in [-0.2, 0) is 19.1 Å². The Morgan fingerprint density at radius 3 is 1.10 bits per heavy atom. The fraction of sp³-hybridized carbons (Fsp3) is 0.702. The van der Waals surface area contributed by atoms with E-state index in [-0.39, 0.29) is 31.6 Å². The van der Waals surface area contributed by atoms with E-state index in [0.29, 0.717) is 12.8 Å². The van der Waals surface area contributed by atoms with Crippen LogP contribution in [0.3, 0.4) is 0 Å². The number of carbonyl (C=O) groups excluding carboxylic acids is 2. The Labute approximate surface area is 321 Å². The van der Waals surface area contributed by atoms with Gasteiger partial charge in [-0.2, -0.15) is 0 Å². The van der Waals surface area contributed by atoms with Gasteiger partial charge >= 0.3 is 11.9 Å². The highest BCUT2D eigenvalue weighted by molar-refractivity contribution is 5.70. The summed E-state index contributed by atoms with van der Waals surface area (Å²) in [6, 6.07) is 0. The van der Waals surface area contributed by atoms with Crippen molar-refractivity contribution in [1.29, 1.82) is 0 Å². The van der Waals surface area contributed by atoms with Crippen LogP contribution in [0.1, 0.15) is 194 Å². The molecule has 0 aromatic carbocycles. The van der Waals surface area contributed by atoms with Crippen molar-refractivity contribution in [2.24, 2.45) is 0 Å². The van der Waals surface area contributed by atoms with Crippen molar-refractivity contribution in [1.82, 2.24) is 0 Å². The molecule has 0 aromatic rings. The molecular formula is C47H80O5. The van der Waals surface area contributed by atoms with E-state index in [0.717, 1.165) is 57.8 Å². The molecule has 5 nitrogen and oxygen atoms in total. The summed E-state index contributed by atoms with van der Waals surface area (Å²) in [5.41, 5.74) is 0. The third kappa shape index (κ3) is 41.8. The molecule has 0 rings (SSSR count). The van der Waals surface area contributed by atoms with Gasteiger partial charge in [0, 0.05) is 12.8 Å². The van der Waals surface area contributed by atoms with Gasteiger partial charge in [-0.3, -0.25) is 9.59 Å². The van der Waals surface area contributed by atoms with Crippen LogP contribution in [0.4, 0.5) is 0 Å². The number of rotatable bonds is 38. The molecule has 1 N–H and O–H groups in total. The van der Waals surface area contributed by atoms with Gasteiger partial charge in [-0.15, -0.1) is 0 Å². The second kappa shape index (κ2) is 42.8. The smallest absolute Gasteiger partial charge is 0.306 e. The first-order chi connectivity index (χ1) is 25.6. The van der Waals surface area contributed by atoms with Gasteiger partial charge < -0.3 is 14.6 Å². The molecule has 0 spiro atoms. The third-order valence-electron chi connectivity index (χ3n) is 8.97. The Kier molecular flexibility index (Phi) is 40.6. The highest BCUT2D eigenvalue weighted by atomic mass is 16.6. The van der Waals surface area contributed by atoms with E-state index >= 15 is 0 Å². The summed E-state index contributed by atoms with van der Waals surface area (Å²) in [6.07, 6.45) is 56.9. The first-order valence-electron chi connectivity index (χ1n) is 21.5. The number of unbranched alkanes of at least 4 members (excludes halogenated alkanes) is 18. The molecule has 0 saturated carbocycles. The SMILES string of the molecule is CC/C=C\C/C=C\C/C=C\C/C=C\C/C=C\C/C=C\CCC(=O)OC[C@H](O)COC(=O)CCCCCCCCCCCCCCCCCCCCC. The first kappa shape index (κ1) is 49.3. The minimum atomic E-state index is -0.996. The normalized spacial score (nSPS) is 12.9. The number of ether oxygens (including phenoxy) is 2. The van der Waals surface area contributed by atoms with Gasteiger partial charge in [-0.1, -0.05) is 202 Å². The lowest BCUT2D eigenvalue weighted by Gasteiger charge is -2.12. The Bertz CT molecular complexity index is 957. The van der Waals surface area contributed by atoms with Gasteiger partial charge in [-0.05, 0) is 51.4 Å². The highest BCUT2D eigenvalue weighted by Gasteiger charge is 2.11. The number of hydrogen-bond donors (Lipinski definition) is 1. The first-order valence-corrected chi connectivity index (χ1v) is 21.5. The summed E-state index contributed by atoms with van der Waals surface area (Å²) in [5.74, 6) is -0.658. The second-order valence-electron chi connectivity index (χ2n) is 14.1. The minimum Gasteiger partial charge on any atom is -0.463 e. The topological polar surface area (TPSA) is 72.8 Å². The fourth-order valence-electron chi connectivity index (χ4n) is 5.76. The summed E-state index contributed by atoms with van der Waals surface area (Å²) >= 11 is 0. The molecule has 0 aromatic heterocycles. The number of hydrogen-bond acceptors (Lipinski definition) is 5. The average Bonchev–Trinajstić information content (AvgIpc) is 3.15. The van der Waals surface area contributed by atoms with E-state index in [1.165, 1.54) is 103 Å². The zero-order chi connectivity index (χ0) is 37.8. The van der Waals surface area contributed by atoms with E-state index in [4.69, 9.17) is 9.47 Å². The van der Waals surface area contributed by atoms with Crippen LogP contribution in [0, 0.1) is 0 Å². The van der Waals surface area contributed by atoms with Gasteiger partial charge in [0.15, 0.2) is 0 Å². The summed E-state index contributed by atoms with van der Waals surface area (Å²) in [7, 11) is 0. The Hall–Kier alpha value is -2.66. The average molecular weight is 725 g/mol. The van der Waals surface area contributed by atoms with E-state index < -0.39 is 6.10 Å². The predicted molar refractivity (Wildman–Crippen MR) is 223 cm³/mol. The van der Waals surface area contributed by atoms with Gasteiger partial charge in [0.25, 0.3) is 0 Å². The van der Waals surface area contributed by atoms with E-state index in [9.17, 15) is 14.7 Å². The lowest BCUT2D eigenvalue weighted by molar-refractivity contribution is -0.152. The van der Waals surface area contributed by atoms with Crippen molar-refractivity contribution in [3.05, 3.63) is 72.9 Å². The van der Waals surface area contributed by atoms with Crippen LogP contribution >= 0.6 is 0 Å². The molecule has 0 aliphatic heterocycles. The molecule has 1 atom stereocenters. The molecule has 0 aliphatic rings. The highest BCUT2D eigenvalue weighted by Crippen LogP contribution is 2.15. The van der Waals surface area contributed by atoms with Gasteiger partial charge in [0.2, 0.25) is 0 Å². The van der Waals surface area contributed by atoms with E-state index in [1.807, 2.05) is 12.2 Å². The van der Waals surface area contributed by atoms with Crippen LogP contribution in [0.25, 0.3) is 0 Å². The molecule has 0 aliphatic carbocycles. The fourth-order valence-corrected chi connectivity index (χ4v) is 5.76. The molecule has 0 radical (unpaired) electrons. The maximum Gasteiger partial charge on any atom is 0.306 e. The van der Waals surface area contributed by atoms with Crippen molar-refractivity contribution in [2.75, 3.05) is 13.2 Å². The predicted octanol–water partition coefficient (Wildman–Crippen LogP) is 13.7. The van der Waals surface area contributed by atoms with Gasteiger partial charge in [0.1, 0.15) is 19.3 Å². The quantitative estimate of drug-likeness (QED) is 0.0390. The standard InChI is InChI=1S/C47H80O5/c1-3-5-7-9-11-13-15-17-19-21-23-25-27-29-31-33-35-37-39-41-46(49)51-43-45(48)44-52-47(50)42-40-38-36-34-32-30-28-26-24-22-20-18-16-14-12-10-8-6-4-2/h5,7,11,13,17,19,23,25,29,31,35,37,45,48H,3-4,6,8-10,12,14-16,18,20-22,24,26-28,30,32-34,36,38-44H2,1-2H3/b7-5-,13-11-,19-17-,25-23-,31-29-,37-35-/t45-/m0/s1. The Morgan fingerprint density at radius 1 is 0.423 bits per heavy atom. The number of allylic oxidation sites excluding steroid dienone is 12. The maximum atomic E-state index is 12.0. The monoisotopic (exact) mass is 725 g/mol. The minimum absolute atomic E-state index is 0.140. The van der Waals surface area contributed by atoms with Crippen molar-refractivity contribution < 1.29 is 24.2 Å². The maximum absolute atomic E-state index is 12.0. The lowest BCUT2D eigenvalue weighted by Crippen LogP contribution is -2.25. The molecule has 0 amide bonds. The van der Waals surface area contributed by atoms with Crippen LogP contribution in [0.15, 0.2) is 72.9 Å². The van der Waals surface area contributed by atoms with Crippen LogP contribution < -0.4 is 0 Å². The number of aliphatic hydroxyl groups is 1. The molecule has 52 heavy (non-hydrogen) atoms. The van der Waals surface area contributed by atoms with E-state index in [2.05, 4.69) is 74.6 Å². The molecule has 5 heteroatoms. The Balaban J connectivity index is 3.53. The summed E-state index contributed by atoms with van der Waals surface area (Å²) < 4.78 is 10.3. The zero-order valence-electron chi connectivity index (χ0n) is 33.8.